The SMILES string of the molecule is COC(=O)N[C@H](C(=O)NN(Cc1ccc(-c2ccccn2)cc1)C[C@H](O)[C@H](Cc1ccc(O)cc1)NC(=O)O)C(C)(C)C. The van der Waals surface area contributed by atoms with Crippen LogP contribution < -0.4 is 16.1 Å². The van der Waals surface area contributed by atoms with Gasteiger partial charge in [0.15, 0.2) is 0 Å². The Morgan fingerprint density at radius 2 is 1.60 bits per heavy atom. The molecule has 0 aliphatic heterocycles. The van der Waals surface area contributed by atoms with E-state index in [0.717, 1.165) is 16.8 Å². The molecule has 12 heteroatoms. The molecule has 0 unspecified atom stereocenters. The van der Waals surface area contributed by atoms with Crippen molar-refractivity contribution in [1.29, 1.82) is 0 Å². The van der Waals surface area contributed by atoms with Crippen molar-refractivity contribution in [2.75, 3.05) is 13.7 Å². The summed E-state index contributed by atoms with van der Waals surface area (Å²) in [5, 5.41) is 36.7. The summed E-state index contributed by atoms with van der Waals surface area (Å²) in [7, 11) is 1.20. The van der Waals surface area contributed by atoms with Gasteiger partial charge in [-0.05, 0) is 47.2 Å². The smallest absolute Gasteiger partial charge is 0.407 e. The Labute approximate surface area is 250 Å². The van der Waals surface area contributed by atoms with E-state index in [1.807, 2.05) is 42.5 Å². The number of alkyl carbamates (subject to hydrolysis) is 1. The number of aliphatic hydroxyl groups excluding tert-OH is 1. The van der Waals surface area contributed by atoms with E-state index in [1.165, 1.54) is 24.3 Å². The summed E-state index contributed by atoms with van der Waals surface area (Å²) in [6.07, 6.45) is -1.53. The zero-order valence-electron chi connectivity index (χ0n) is 24.7. The van der Waals surface area contributed by atoms with Gasteiger partial charge < -0.3 is 30.7 Å². The molecule has 3 atom stereocenters. The number of hydrogen-bond donors (Lipinski definition) is 6. The number of aromatic nitrogens is 1. The molecule has 0 aliphatic carbocycles. The van der Waals surface area contributed by atoms with Crippen LogP contribution in [-0.2, 0) is 22.5 Å². The average Bonchev–Trinajstić information content (AvgIpc) is 2.96. The summed E-state index contributed by atoms with van der Waals surface area (Å²) in [6, 6.07) is 17.4. The number of ether oxygens (including phenoxy) is 1. The Kier molecular flexibility index (Phi) is 11.4. The molecule has 1 aromatic heterocycles. The predicted octanol–water partition coefficient (Wildman–Crippen LogP) is 3.30. The van der Waals surface area contributed by atoms with Crippen molar-refractivity contribution >= 4 is 18.1 Å². The average molecular weight is 594 g/mol. The summed E-state index contributed by atoms with van der Waals surface area (Å²) < 4.78 is 4.70. The predicted molar refractivity (Wildman–Crippen MR) is 160 cm³/mol. The molecule has 0 radical (unpaired) electrons. The summed E-state index contributed by atoms with van der Waals surface area (Å²) >= 11 is 0. The van der Waals surface area contributed by atoms with Crippen LogP contribution in [0.4, 0.5) is 9.59 Å². The number of phenolic OH excluding ortho intramolecular Hbond substituents is 1. The van der Waals surface area contributed by atoms with E-state index in [0.29, 0.717) is 5.56 Å². The van der Waals surface area contributed by atoms with E-state index in [-0.39, 0.29) is 25.3 Å². The molecule has 3 aromatic rings. The summed E-state index contributed by atoms with van der Waals surface area (Å²) in [4.78, 5) is 41.4. The quantitative estimate of drug-likeness (QED) is 0.172. The van der Waals surface area contributed by atoms with Crippen LogP contribution in [0.1, 0.15) is 31.9 Å². The number of aromatic hydroxyl groups is 1. The highest BCUT2D eigenvalue weighted by atomic mass is 16.5. The number of rotatable bonds is 12. The van der Waals surface area contributed by atoms with E-state index < -0.39 is 41.7 Å². The molecule has 2 aromatic carbocycles. The van der Waals surface area contributed by atoms with Gasteiger partial charge in [0.25, 0.3) is 5.91 Å². The first kappa shape index (κ1) is 32.8. The van der Waals surface area contributed by atoms with Gasteiger partial charge in [0.2, 0.25) is 0 Å². The van der Waals surface area contributed by atoms with E-state index in [9.17, 15) is 29.7 Å². The number of hydrazine groups is 1. The summed E-state index contributed by atoms with van der Waals surface area (Å²) in [6.45, 7) is 5.35. The molecule has 6 N–H and O–H groups in total. The number of hydrogen-bond acceptors (Lipinski definition) is 8. The lowest BCUT2D eigenvalue weighted by Crippen LogP contribution is -2.59. The van der Waals surface area contributed by atoms with E-state index >= 15 is 0 Å². The number of methoxy groups -OCH3 is 1. The minimum absolute atomic E-state index is 0.0592. The second-order valence-corrected chi connectivity index (χ2v) is 11.2. The minimum Gasteiger partial charge on any atom is -0.508 e. The number of nitrogens with zero attached hydrogens (tertiary/aromatic N) is 2. The molecule has 0 saturated carbocycles. The van der Waals surface area contributed by atoms with Gasteiger partial charge in [0.1, 0.15) is 11.8 Å². The van der Waals surface area contributed by atoms with Crippen LogP contribution in [0.5, 0.6) is 5.75 Å². The first-order valence-electron chi connectivity index (χ1n) is 13.7. The van der Waals surface area contributed by atoms with Crippen LogP contribution in [-0.4, -0.2) is 75.2 Å². The number of pyridine rings is 1. The van der Waals surface area contributed by atoms with Crippen molar-refractivity contribution in [2.45, 2.75) is 51.9 Å². The third-order valence-electron chi connectivity index (χ3n) is 6.70. The number of nitrogens with one attached hydrogen (secondary N) is 3. The lowest BCUT2D eigenvalue weighted by atomic mass is 9.86. The van der Waals surface area contributed by atoms with Gasteiger partial charge in [-0.1, -0.05) is 63.2 Å². The highest BCUT2D eigenvalue weighted by Crippen LogP contribution is 2.21. The fourth-order valence-corrected chi connectivity index (χ4v) is 4.44. The molecule has 0 aliphatic rings. The van der Waals surface area contributed by atoms with Crippen LogP contribution in [0.15, 0.2) is 72.9 Å². The van der Waals surface area contributed by atoms with E-state index in [2.05, 4.69) is 21.0 Å². The van der Waals surface area contributed by atoms with Crippen LogP contribution >= 0.6 is 0 Å². The number of amides is 3. The number of carboxylic acid groups (broad SMARTS) is 1. The zero-order chi connectivity index (χ0) is 31.6. The maximum atomic E-state index is 13.5. The number of phenols is 1. The standard InChI is InChI=1S/C31H39N5O7/c1-31(2,3)27(34-30(42)43-4)28(39)35-36(18-21-8-12-22(13-9-21)24-7-5-6-16-32-24)19-26(38)25(33-29(40)41)17-20-10-14-23(37)15-11-20/h5-16,25-27,33,37-38H,17-19H2,1-4H3,(H,34,42)(H,35,39)(H,40,41)/t25-,26-,27+/m0/s1. The van der Waals surface area contributed by atoms with Crippen molar-refractivity contribution in [2.24, 2.45) is 5.41 Å². The first-order valence-corrected chi connectivity index (χ1v) is 13.7. The molecule has 43 heavy (non-hydrogen) atoms. The van der Waals surface area contributed by atoms with Crippen LogP contribution in [0, 0.1) is 5.41 Å². The lowest BCUT2D eigenvalue weighted by molar-refractivity contribution is -0.131. The maximum absolute atomic E-state index is 13.5. The van der Waals surface area contributed by atoms with Crippen molar-refractivity contribution < 1.29 is 34.4 Å². The van der Waals surface area contributed by atoms with Gasteiger partial charge in [0.05, 0.1) is 24.9 Å². The van der Waals surface area contributed by atoms with Gasteiger partial charge >= 0.3 is 12.2 Å². The van der Waals surface area contributed by atoms with Gasteiger partial charge in [-0.15, -0.1) is 0 Å². The van der Waals surface area contributed by atoms with E-state index in [4.69, 9.17) is 4.74 Å². The maximum Gasteiger partial charge on any atom is 0.407 e. The molecule has 3 rings (SSSR count). The molecule has 0 bridgehead atoms. The molecule has 12 nitrogen and oxygen atoms in total. The summed E-state index contributed by atoms with van der Waals surface area (Å²) in [5.74, 6) is -0.486. The first-order chi connectivity index (χ1) is 20.3. The molecule has 3 amide bonds. The second kappa shape index (κ2) is 15.0. The number of aliphatic hydroxyl groups is 1. The van der Waals surface area contributed by atoms with Crippen molar-refractivity contribution in [3.8, 4) is 17.0 Å². The monoisotopic (exact) mass is 593 g/mol. The Balaban J connectivity index is 1.86. The van der Waals surface area contributed by atoms with Gasteiger partial charge in [-0.2, -0.15) is 0 Å². The Morgan fingerprint density at radius 1 is 0.953 bits per heavy atom. The number of carbonyl (C=O) groups excluding carboxylic acids is 2. The number of carbonyl (C=O) groups is 3. The highest BCUT2D eigenvalue weighted by Gasteiger charge is 2.35. The molecule has 0 saturated heterocycles. The highest BCUT2D eigenvalue weighted by molar-refractivity contribution is 5.86. The Hall–Kier alpha value is -4.68. The Bertz CT molecular complexity index is 1350. The molecular formula is C31H39N5O7. The van der Waals surface area contributed by atoms with Crippen LogP contribution in [0.25, 0.3) is 11.3 Å². The minimum atomic E-state index is -1.32. The fourth-order valence-electron chi connectivity index (χ4n) is 4.44. The third kappa shape index (κ3) is 10.3. The fraction of sp³-hybridized carbons (Fsp3) is 0.355. The second-order valence-electron chi connectivity index (χ2n) is 11.2. The third-order valence-corrected chi connectivity index (χ3v) is 6.70. The molecule has 1 heterocycles. The largest absolute Gasteiger partial charge is 0.508 e. The molecule has 0 spiro atoms. The van der Waals surface area contributed by atoms with Gasteiger partial charge in [0, 0.05) is 24.8 Å². The molecule has 0 fully saturated rings. The summed E-state index contributed by atoms with van der Waals surface area (Å²) in [5.41, 5.74) is 5.28. The van der Waals surface area contributed by atoms with Crippen molar-refractivity contribution in [1.82, 2.24) is 26.1 Å². The van der Waals surface area contributed by atoms with Crippen LogP contribution in [0.3, 0.4) is 0 Å². The van der Waals surface area contributed by atoms with Crippen molar-refractivity contribution in [3.05, 3.63) is 84.1 Å². The Morgan fingerprint density at radius 3 is 2.16 bits per heavy atom. The molecular weight excluding hydrogens is 554 g/mol. The number of benzene rings is 2. The van der Waals surface area contributed by atoms with Crippen molar-refractivity contribution in [3.63, 3.8) is 0 Å². The normalized spacial score (nSPS) is 13.4. The van der Waals surface area contributed by atoms with Gasteiger partial charge in [-0.25, -0.2) is 14.6 Å². The molecule has 230 valence electrons. The topological polar surface area (TPSA) is 173 Å². The van der Waals surface area contributed by atoms with Gasteiger partial charge in [-0.3, -0.25) is 15.2 Å². The lowest BCUT2D eigenvalue weighted by Gasteiger charge is -2.34. The van der Waals surface area contributed by atoms with Crippen LogP contribution in [0.2, 0.25) is 0 Å². The van der Waals surface area contributed by atoms with E-state index in [1.54, 1.807) is 39.1 Å². The zero-order valence-corrected chi connectivity index (χ0v) is 24.7.